The van der Waals surface area contributed by atoms with Gasteiger partial charge in [0.25, 0.3) is 0 Å². The lowest BCUT2D eigenvalue weighted by Gasteiger charge is -2.04. The van der Waals surface area contributed by atoms with Gasteiger partial charge in [0.2, 0.25) is 0 Å². The molecule has 0 aliphatic rings. The van der Waals surface area contributed by atoms with Crippen LogP contribution in [-0.4, -0.2) is 15.9 Å². The fourth-order valence-electron chi connectivity index (χ4n) is 1.12. The van der Waals surface area contributed by atoms with Crippen LogP contribution in [0.1, 0.15) is 18.9 Å². The van der Waals surface area contributed by atoms with Crippen molar-refractivity contribution in [3.05, 3.63) is 29.8 Å². The molecule has 0 aliphatic carbocycles. The first-order valence-electron chi connectivity index (χ1n) is 4.55. The zero-order valence-electron chi connectivity index (χ0n) is 8.40. The minimum atomic E-state index is 0.139. The van der Waals surface area contributed by atoms with E-state index >= 15 is 0 Å². The number of phenolic OH excluding ortho intramolecular Hbond substituents is 1. The zero-order valence-corrected chi connectivity index (χ0v) is 9.21. The van der Waals surface area contributed by atoms with Crippen molar-refractivity contribution < 1.29 is 5.11 Å². The van der Waals surface area contributed by atoms with Crippen LogP contribution in [0.4, 0.5) is 0 Å². The van der Waals surface area contributed by atoms with E-state index in [1.807, 2.05) is 6.92 Å². The Hall–Kier alpha value is -1.62. The van der Waals surface area contributed by atoms with Crippen molar-refractivity contribution in [3.63, 3.8) is 0 Å². The smallest absolute Gasteiger partial charge is 0.184 e. The summed E-state index contributed by atoms with van der Waals surface area (Å²) in [6.07, 6.45) is 0.750. The van der Waals surface area contributed by atoms with Crippen molar-refractivity contribution >= 4 is 23.0 Å². The molecule has 5 heteroatoms. The summed E-state index contributed by atoms with van der Waals surface area (Å²) in [6.45, 7) is 1.98. The molecule has 4 nitrogen and oxygen atoms in total. The van der Waals surface area contributed by atoms with Gasteiger partial charge in [0.15, 0.2) is 5.11 Å². The van der Waals surface area contributed by atoms with E-state index in [4.69, 9.17) is 10.8 Å². The number of thiocarbonyl (C=S) groups is 1. The Morgan fingerprint density at radius 2 is 2.07 bits per heavy atom. The lowest BCUT2D eigenvalue weighted by molar-refractivity contribution is 0.475. The number of nitrogens with one attached hydrogen (secondary N) is 1. The molecule has 0 amide bonds. The maximum atomic E-state index is 9.13. The molecule has 0 radical (unpaired) electrons. The molecule has 0 bridgehead atoms. The SMILES string of the molecule is CC/C(=N\NC(N)=S)c1ccc(O)cc1. The molecule has 1 rings (SSSR count). The molecular formula is C10H13N3OS. The average Bonchev–Trinajstić information content (AvgIpc) is 2.21. The second-order valence-corrected chi connectivity index (χ2v) is 3.37. The highest BCUT2D eigenvalue weighted by atomic mass is 32.1. The fraction of sp³-hybridized carbons (Fsp3) is 0.200. The van der Waals surface area contributed by atoms with Crippen LogP contribution < -0.4 is 11.2 Å². The summed E-state index contributed by atoms with van der Waals surface area (Å²) in [5, 5.41) is 13.3. The van der Waals surface area contributed by atoms with Crippen LogP contribution in [0.15, 0.2) is 29.4 Å². The van der Waals surface area contributed by atoms with Gasteiger partial charge in [0, 0.05) is 0 Å². The Bertz CT molecular complexity index is 373. The summed E-state index contributed by atoms with van der Waals surface area (Å²) in [6, 6.07) is 6.81. The Morgan fingerprint density at radius 3 is 2.53 bits per heavy atom. The predicted molar refractivity (Wildman–Crippen MR) is 64.9 cm³/mol. The second kappa shape index (κ2) is 5.31. The molecule has 4 N–H and O–H groups in total. The number of phenols is 1. The minimum absolute atomic E-state index is 0.139. The molecule has 0 spiro atoms. The number of hydrogen-bond donors (Lipinski definition) is 3. The first kappa shape index (κ1) is 11.5. The molecule has 0 heterocycles. The van der Waals surface area contributed by atoms with Crippen LogP contribution in [0, 0.1) is 0 Å². The third kappa shape index (κ3) is 3.55. The maximum Gasteiger partial charge on any atom is 0.184 e. The number of rotatable bonds is 3. The van der Waals surface area contributed by atoms with Crippen molar-refractivity contribution in [3.8, 4) is 5.75 Å². The molecule has 15 heavy (non-hydrogen) atoms. The summed E-state index contributed by atoms with van der Waals surface area (Å²) in [7, 11) is 0. The van der Waals surface area contributed by atoms with E-state index in [1.165, 1.54) is 0 Å². The number of nitrogens with two attached hydrogens (primary N) is 1. The molecular weight excluding hydrogens is 210 g/mol. The third-order valence-electron chi connectivity index (χ3n) is 1.84. The van der Waals surface area contributed by atoms with Crippen molar-refractivity contribution in [2.75, 3.05) is 0 Å². The van der Waals surface area contributed by atoms with Gasteiger partial charge >= 0.3 is 0 Å². The largest absolute Gasteiger partial charge is 0.508 e. The molecule has 0 saturated heterocycles. The Balaban J connectivity index is 2.87. The third-order valence-corrected chi connectivity index (χ3v) is 1.93. The summed E-state index contributed by atoms with van der Waals surface area (Å²) in [5.74, 6) is 0.233. The van der Waals surface area contributed by atoms with E-state index in [0.29, 0.717) is 0 Å². The highest BCUT2D eigenvalue weighted by Crippen LogP contribution is 2.11. The summed E-state index contributed by atoms with van der Waals surface area (Å²) in [5.41, 5.74) is 9.58. The lowest BCUT2D eigenvalue weighted by Crippen LogP contribution is -2.25. The Kier molecular flexibility index (Phi) is 4.05. The first-order valence-corrected chi connectivity index (χ1v) is 4.95. The van der Waals surface area contributed by atoms with Gasteiger partial charge < -0.3 is 10.8 Å². The Morgan fingerprint density at radius 1 is 1.47 bits per heavy atom. The highest BCUT2D eigenvalue weighted by Gasteiger charge is 2.01. The first-order chi connectivity index (χ1) is 7.13. The van der Waals surface area contributed by atoms with Crippen LogP contribution >= 0.6 is 12.2 Å². The number of hydrogen-bond acceptors (Lipinski definition) is 3. The summed E-state index contributed by atoms with van der Waals surface area (Å²) >= 11 is 4.65. The van der Waals surface area contributed by atoms with Crippen molar-refractivity contribution in [1.29, 1.82) is 0 Å². The van der Waals surface area contributed by atoms with E-state index in [2.05, 4.69) is 22.7 Å². The predicted octanol–water partition coefficient (Wildman–Crippen LogP) is 1.34. The van der Waals surface area contributed by atoms with Crippen LogP contribution in [0.3, 0.4) is 0 Å². The molecule has 80 valence electrons. The van der Waals surface area contributed by atoms with Gasteiger partial charge in [0.1, 0.15) is 5.75 Å². The topological polar surface area (TPSA) is 70.6 Å². The van der Waals surface area contributed by atoms with Gasteiger partial charge in [0.05, 0.1) is 5.71 Å². The average molecular weight is 223 g/mol. The molecule has 1 aromatic carbocycles. The van der Waals surface area contributed by atoms with Gasteiger partial charge in [-0.15, -0.1) is 0 Å². The van der Waals surface area contributed by atoms with Gasteiger partial charge in [-0.2, -0.15) is 5.10 Å². The number of benzene rings is 1. The van der Waals surface area contributed by atoms with Crippen molar-refractivity contribution in [2.24, 2.45) is 10.8 Å². The molecule has 0 aliphatic heterocycles. The molecule has 0 atom stereocenters. The lowest BCUT2D eigenvalue weighted by atomic mass is 10.1. The highest BCUT2D eigenvalue weighted by molar-refractivity contribution is 7.80. The van der Waals surface area contributed by atoms with Crippen molar-refractivity contribution in [2.45, 2.75) is 13.3 Å². The summed E-state index contributed by atoms with van der Waals surface area (Å²) < 4.78 is 0. The number of hydrazone groups is 1. The molecule has 0 saturated carbocycles. The number of nitrogens with zero attached hydrogens (tertiary/aromatic N) is 1. The van der Waals surface area contributed by atoms with Crippen LogP contribution in [0.5, 0.6) is 5.75 Å². The number of aromatic hydroxyl groups is 1. The monoisotopic (exact) mass is 223 g/mol. The van der Waals surface area contributed by atoms with E-state index in [9.17, 15) is 0 Å². The van der Waals surface area contributed by atoms with E-state index < -0.39 is 0 Å². The van der Waals surface area contributed by atoms with Crippen LogP contribution in [0.25, 0.3) is 0 Å². The molecule has 0 fully saturated rings. The fourth-order valence-corrected chi connectivity index (χ4v) is 1.17. The second-order valence-electron chi connectivity index (χ2n) is 2.93. The quantitative estimate of drug-likeness (QED) is 0.411. The Labute approximate surface area is 93.8 Å². The van der Waals surface area contributed by atoms with Gasteiger partial charge in [-0.1, -0.05) is 6.92 Å². The van der Waals surface area contributed by atoms with Gasteiger partial charge in [-0.3, -0.25) is 5.43 Å². The van der Waals surface area contributed by atoms with Gasteiger partial charge in [-0.05, 0) is 48.5 Å². The zero-order chi connectivity index (χ0) is 11.3. The summed E-state index contributed by atoms with van der Waals surface area (Å²) in [4.78, 5) is 0. The van der Waals surface area contributed by atoms with Crippen molar-refractivity contribution in [1.82, 2.24) is 5.43 Å². The van der Waals surface area contributed by atoms with E-state index in [-0.39, 0.29) is 10.9 Å². The molecule has 1 aromatic rings. The van der Waals surface area contributed by atoms with E-state index in [0.717, 1.165) is 17.7 Å². The normalized spacial score (nSPS) is 11.1. The standard InChI is InChI=1S/C10H13N3OS/c1-2-9(12-13-10(11)15)7-3-5-8(14)6-4-7/h3-6,14H,2H2,1H3,(H3,11,13,15)/b12-9+. The van der Waals surface area contributed by atoms with Gasteiger partial charge in [-0.25, -0.2) is 0 Å². The van der Waals surface area contributed by atoms with Crippen LogP contribution in [-0.2, 0) is 0 Å². The van der Waals surface area contributed by atoms with E-state index in [1.54, 1.807) is 24.3 Å². The van der Waals surface area contributed by atoms with Crippen LogP contribution in [0.2, 0.25) is 0 Å². The molecule has 0 unspecified atom stereocenters. The molecule has 0 aromatic heterocycles. The minimum Gasteiger partial charge on any atom is -0.508 e. The maximum absolute atomic E-state index is 9.13.